The van der Waals surface area contributed by atoms with Gasteiger partial charge in [-0.3, -0.25) is 9.36 Å². The number of esters is 1. The molecule has 0 saturated heterocycles. The SMILES string of the molecule is CCOP(=O)(CC(=O)Oc1ccc(F)c(C(F)(F)F)c1)OCC. The summed E-state index contributed by atoms with van der Waals surface area (Å²) in [5.41, 5.74) is -1.57. The third-order valence-corrected chi connectivity index (χ3v) is 4.40. The van der Waals surface area contributed by atoms with Gasteiger partial charge < -0.3 is 13.8 Å². The van der Waals surface area contributed by atoms with Gasteiger partial charge in [-0.1, -0.05) is 0 Å². The number of ether oxygens (including phenoxy) is 1. The molecule has 1 rings (SSSR count). The molecule has 130 valence electrons. The Morgan fingerprint density at radius 3 is 2.22 bits per heavy atom. The van der Waals surface area contributed by atoms with Gasteiger partial charge in [-0.2, -0.15) is 13.2 Å². The monoisotopic (exact) mass is 358 g/mol. The first-order chi connectivity index (χ1) is 10.6. The van der Waals surface area contributed by atoms with Gasteiger partial charge in [-0.15, -0.1) is 0 Å². The zero-order chi connectivity index (χ0) is 17.7. The van der Waals surface area contributed by atoms with Gasteiger partial charge in [-0.25, -0.2) is 4.39 Å². The van der Waals surface area contributed by atoms with E-state index in [1.165, 1.54) is 13.8 Å². The largest absolute Gasteiger partial charge is 0.426 e. The Labute approximate surface area is 130 Å². The fraction of sp³-hybridized carbons (Fsp3) is 0.462. The summed E-state index contributed by atoms with van der Waals surface area (Å²) in [6.45, 7) is 3.10. The lowest BCUT2D eigenvalue weighted by Crippen LogP contribution is -2.16. The van der Waals surface area contributed by atoms with Crippen molar-refractivity contribution in [3.8, 4) is 5.75 Å². The van der Waals surface area contributed by atoms with Crippen molar-refractivity contribution in [2.24, 2.45) is 0 Å². The number of alkyl halides is 3. The van der Waals surface area contributed by atoms with Gasteiger partial charge in [0.15, 0.2) is 0 Å². The van der Waals surface area contributed by atoms with Gasteiger partial charge in [0.1, 0.15) is 17.7 Å². The summed E-state index contributed by atoms with van der Waals surface area (Å²) in [6, 6.07) is 1.73. The molecule has 0 aliphatic rings. The van der Waals surface area contributed by atoms with E-state index in [1.54, 1.807) is 0 Å². The molecule has 0 fully saturated rings. The first-order valence-corrected chi connectivity index (χ1v) is 8.29. The van der Waals surface area contributed by atoms with Crippen LogP contribution in [0.25, 0.3) is 0 Å². The Kier molecular flexibility index (Phi) is 6.73. The number of hydrogen-bond acceptors (Lipinski definition) is 5. The van der Waals surface area contributed by atoms with E-state index in [-0.39, 0.29) is 13.2 Å². The topological polar surface area (TPSA) is 61.8 Å². The second-order valence-electron chi connectivity index (χ2n) is 4.22. The van der Waals surface area contributed by atoms with Gasteiger partial charge in [-0.05, 0) is 32.0 Å². The molecule has 0 amide bonds. The smallest absolute Gasteiger partial charge is 0.419 e. The molecule has 0 aliphatic heterocycles. The van der Waals surface area contributed by atoms with E-state index < -0.39 is 43.0 Å². The van der Waals surface area contributed by atoms with Crippen molar-refractivity contribution >= 4 is 13.6 Å². The van der Waals surface area contributed by atoms with Crippen molar-refractivity contribution in [2.45, 2.75) is 20.0 Å². The number of carbonyl (C=O) groups excluding carboxylic acids is 1. The highest BCUT2D eigenvalue weighted by Gasteiger charge is 2.35. The van der Waals surface area contributed by atoms with Crippen LogP contribution in [-0.4, -0.2) is 25.3 Å². The number of carbonyl (C=O) groups is 1. The number of hydrogen-bond donors (Lipinski definition) is 0. The van der Waals surface area contributed by atoms with E-state index in [9.17, 15) is 26.9 Å². The van der Waals surface area contributed by atoms with Crippen LogP contribution in [0.4, 0.5) is 17.6 Å². The molecule has 1 aromatic rings. The minimum absolute atomic E-state index is 0.0132. The van der Waals surface area contributed by atoms with Crippen molar-refractivity contribution in [3.05, 3.63) is 29.6 Å². The molecule has 0 atom stereocenters. The van der Waals surface area contributed by atoms with Crippen LogP contribution in [0.15, 0.2) is 18.2 Å². The number of rotatable bonds is 7. The average Bonchev–Trinajstić information content (AvgIpc) is 2.39. The van der Waals surface area contributed by atoms with Crippen LogP contribution in [0.2, 0.25) is 0 Å². The van der Waals surface area contributed by atoms with Crippen molar-refractivity contribution < 1.29 is 40.7 Å². The summed E-state index contributed by atoms with van der Waals surface area (Å²) in [5, 5.41) is 0. The molecule has 0 aliphatic carbocycles. The normalized spacial score (nSPS) is 12.3. The third-order valence-electron chi connectivity index (χ3n) is 2.45. The summed E-state index contributed by atoms with van der Waals surface area (Å²) in [5.74, 6) is -3.13. The summed E-state index contributed by atoms with van der Waals surface area (Å²) in [7, 11) is -3.74. The summed E-state index contributed by atoms with van der Waals surface area (Å²) < 4.78 is 77.3. The zero-order valence-corrected chi connectivity index (χ0v) is 13.2. The molecule has 5 nitrogen and oxygen atoms in total. The van der Waals surface area contributed by atoms with Crippen LogP contribution in [0, 0.1) is 5.82 Å². The molecule has 0 radical (unpaired) electrons. The number of benzene rings is 1. The molecule has 0 saturated carbocycles. The molecule has 0 N–H and O–H groups in total. The Morgan fingerprint density at radius 1 is 1.17 bits per heavy atom. The highest BCUT2D eigenvalue weighted by atomic mass is 31.2. The maximum atomic E-state index is 13.1. The van der Waals surface area contributed by atoms with Crippen molar-refractivity contribution in [1.82, 2.24) is 0 Å². The molecule has 10 heteroatoms. The molecule has 0 spiro atoms. The second-order valence-corrected chi connectivity index (χ2v) is 6.27. The standard InChI is InChI=1S/C13H15F4O5P/c1-3-20-23(19,21-4-2)8-12(18)22-9-5-6-11(14)10(7-9)13(15,16)17/h5-7H,3-4,8H2,1-2H3. The van der Waals surface area contributed by atoms with Crippen LogP contribution in [0.3, 0.4) is 0 Å². The first-order valence-electron chi connectivity index (χ1n) is 6.57. The maximum absolute atomic E-state index is 13.1. The van der Waals surface area contributed by atoms with Crippen LogP contribution >= 0.6 is 7.60 Å². The minimum atomic E-state index is -4.93. The molecule has 0 unspecified atom stereocenters. The van der Waals surface area contributed by atoms with E-state index in [4.69, 9.17) is 9.05 Å². The molecule has 0 heterocycles. The summed E-state index contributed by atoms with van der Waals surface area (Å²) in [6.07, 6.45) is -5.70. The fourth-order valence-corrected chi connectivity index (χ4v) is 3.05. The van der Waals surface area contributed by atoms with Crippen molar-refractivity contribution in [3.63, 3.8) is 0 Å². The van der Waals surface area contributed by atoms with Gasteiger partial charge in [0.2, 0.25) is 0 Å². The van der Waals surface area contributed by atoms with E-state index in [1.807, 2.05) is 0 Å². The van der Waals surface area contributed by atoms with Crippen molar-refractivity contribution in [2.75, 3.05) is 19.4 Å². The van der Waals surface area contributed by atoms with E-state index in [0.717, 1.165) is 6.07 Å². The first kappa shape index (κ1) is 19.6. The molecule has 0 bridgehead atoms. The lowest BCUT2D eigenvalue weighted by molar-refractivity contribution is -0.140. The summed E-state index contributed by atoms with van der Waals surface area (Å²) >= 11 is 0. The average molecular weight is 358 g/mol. The van der Waals surface area contributed by atoms with Crippen LogP contribution < -0.4 is 4.74 Å². The maximum Gasteiger partial charge on any atom is 0.419 e. The highest BCUT2D eigenvalue weighted by Crippen LogP contribution is 2.47. The van der Waals surface area contributed by atoms with Crippen LogP contribution in [0.5, 0.6) is 5.75 Å². The number of halogens is 4. The second kappa shape index (κ2) is 7.90. The Bertz CT molecular complexity index is 593. The Balaban J connectivity index is 2.87. The highest BCUT2D eigenvalue weighted by molar-refractivity contribution is 7.54. The van der Waals surface area contributed by atoms with E-state index in [0.29, 0.717) is 12.1 Å². The summed E-state index contributed by atoms with van der Waals surface area (Å²) in [4.78, 5) is 11.7. The van der Waals surface area contributed by atoms with Gasteiger partial charge in [0.05, 0.1) is 18.8 Å². The molecular formula is C13H15F4O5P. The minimum Gasteiger partial charge on any atom is -0.426 e. The molecular weight excluding hydrogens is 343 g/mol. The van der Waals surface area contributed by atoms with Crippen molar-refractivity contribution in [1.29, 1.82) is 0 Å². The van der Waals surface area contributed by atoms with Gasteiger partial charge >= 0.3 is 19.7 Å². The lowest BCUT2D eigenvalue weighted by Gasteiger charge is -2.16. The van der Waals surface area contributed by atoms with Crippen LogP contribution in [-0.2, 0) is 24.6 Å². The predicted molar refractivity (Wildman–Crippen MR) is 72.8 cm³/mol. The molecule has 1 aromatic carbocycles. The van der Waals surface area contributed by atoms with E-state index in [2.05, 4.69) is 4.74 Å². The van der Waals surface area contributed by atoms with Crippen LogP contribution in [0.1, 0.15) is 19.4 Å². The Morgan fingerprint density at radius 2 is 1.74 bits per heavy atom. The molecule has 0 aromatic heterocycles. The quantitative estimate of drug-likeness (QED) is 0.319. The zero-order valence-electron chi connectivity index (χ0n) is 12.4. The predicted octanol–water partition coefficient (Wildman–Crippen LogP) is 4.02. The molecule has 23 heavy (non-hydrogen) atoms. The fourth-order valence-electron chi connectivity index (χ4n) is 1.63. The van der Waals surface area contributed by atoms with Gasteiger partial charge in [0.25, 0.3) is 0 Å². The Hall–Kier alpha value is -1.44. The van der Waals surface area contributed by atoms with E-state index >= 15 is 0 Å². The lowest BCUT2D eigenvalue weighted by atomic mass is 10.2. The van der Waals surface area contributed by atoms with Gasteiger partial charge in [0, 0.05) is 0 Å². The third kappa shape index (κ3) is 5.93.